The first-order valence-corrected chi connectivity index (χ1v) is 8.07. The van der Waals surface area contributed by atoms with Crippen LogP contribution < -0.4 is 17.2 Å². The smallest absolute Gasteiger partial charge is 0.326 e. The van der Waals surface area contributed by atoms with Gasteiger partial charge in [-0.25, -0.2) is 9.78 Å². The number of H-pyrrole nitrogens is 1. The van der Waals surface area contributed by atoms with Crippen LogP contribution in [0.15, 0.2) is 12.5 Å². The molecule has 10 nitrogen and oxygen atoms in total. The lowest BCUT2D eigenvalue weighted by Crippen LogP contribution is -2.58. The largest absolute Gasteiger partial charge is 0.480 e. The van der Waals surface area contributed by atoms with Gasteiger partial charge < -0.3 is 27.3 Å². The molecule has 1 heterocycles. The number of rotatable bonds is 10. The van der Waals surface area contributed by atoms with Crippen molar-refractivity contribution in [2.45, 2.75) is 50.7 Å². The number of hydrogen-bond acceptors (Lipinski definition) is 7. The van der Waals surface area contributed by atoms with Crippen LogP contribution in [-0.2, 0) is 20.8 Å². The van der Waals surface area contributed by atoms with Gasteiger partial charge in [-0.1, -0.05) is 0 Å². The molecule has 0 aliphatic carbocycles. The molecule has 0 aromatic carbocycles. The van der Waals surface area contributed by atoms with Gasteiger partial charge >= 0.3 is 5.97 Å². The summed E-state index contributed by atoms with van der Waals surface area (Å²) in [5, 5.41) is 9.49. The number of nitrogens with one attached hydrogen (secondary N) is 1. The molecule has 0 aliphatic heterocycles. The number of nitrogens with zero attached hydrogens (tertiary/aromatic N) is 2. The average Bonchev–Trinajstić information content (AvgIpc) is 3.05. The van der Waals surface area contributed by atoms with E-state index in [1.165, 1.54) is 19.4 Å². The lowest BCUT2D eigenvalue weighted by Gasteiger charge is -2.30. The second-order valence-electron chi connectivity index (χ2n) is 5.86. The van der Waals surface area contributed by atoms with Crippen molar-refractivity contribution in [3.63, 3.8) is 0 Å². The van der Waals surface area contributed by atoms with Gasteiger partial charge in [0.2, 0.25) is 11.8 Å². The van der Waals surface area contributed by atoms with Crippen molar-refractivity contribution in [2.24, 2.45) is 17.2 Å². The van der Waals surface area contributed by atoms with E-state index in [0.29, 0.717) is 30.0 Å². The molecule has 1 rings (SSSR count). The Labute approximate surface area is 145 Å². The molecule has 10 heteroatoms. The minimum absolute atomic E-state index is 0.0908. The molecule has 0 bridgehead atoms. The molecule has 0 spiro atoms. The number of aliphatic carboxylic acids is 1. The van der Waals surface area contributed by atoms with E-state index in [9.17, 15) is 19.5 Å². The van der Waals surface area contributed by atoms with Crippen LogP contribution in [-0.4, -0.2) is 62.4 Å². The third-order valence-corrected chi connectivity index (χ3v) is 3.70. The molecule has 8 N–H and O–H groups in total. The lowest BCUT2D eigenvalue weighted by molar-refractivity contribution is -0.159. The molecule has 2 amide bonds. The maximum absolute atomic E-state index is 12.7. The molecule has 3 atom stereocenters. The number of imide groups is 1. The van der Waals surface area contributed by atoms with Crippen LogP contribution in [0.25, 0.3) is 0 Å². The van der Waals surface area contributed by atoms with Gasteiger partial charge in [0.15, 0.2) is 0 Å². The summed E-state index contributed by atoms with van der Waals surface area (Å²) in [7, 11) is 0. The molecular formula is C15H26N6O4. The predicted octanol–water partition coefficient (Wildman–Crippen LogP) is -1.44. The van der Waals surface area contributed by atoms with Crippen LogP contribution in [0.4, 0.5) is 0 Å². The number of carboxylic acids is 1. The number of aromatic nitrogens is 2. The molecular weight excluding hydrogens is 328 g/mol. The third kappa shape index (κ3) is 5.93. The molecule has 0 aliphatic rings. The number of amides is 2. The topological polar surface area (TPSA) is 181 Å². The van der Waals surface area contributed by atoms with E-state index < -0.39 is 35.9 Å². The van der Waals surface area contributed by atoms with Crippen molar-refractivity contribution in [1.82, 2.24) is 14.9 Å². The standard InChI is InChI=1S/C15H26N6O4/c1-9(17)13(22)21(12(15(24)25)4-2-3-5-16)14(23)11(18)6-10-7-19-8-20-10/h7-9,11-12H,2-6,16-18H2,1H3,(H,19,20)(H,24,25). The first-order chi connectivity index (χ1) is 11.8. The third-order valence-electron chi connectivity index (χ3n) is 3.70. The zero-order valence-corrected chi connectivity index (χ0v) is 14.2. The quantitative estimate of drug-likeness (QED) is 0.317. The Morgan fingerprint density at radius 2 is 1.96 bits per heavy atom. The van der Waals surface area contributed by atoms with Crippen LogP contribution in [0.5, 0.6) is 0 Å². The van der Waals surface area contributed by atoms with Crippen LogP contribution in [0.2, 0.25) is 0 Å². The number of carbonyl (C=O) groups excluding carboxylic acids is 2. The Hall–Kier alpha value is -2.30. The number of carboxylic acid groups (broad SMARTS) is 1. The highest BCUT2D eigenvalue weighted by Crippen LogP contribution is 2.14. The minimum atomic E-state index is -1.33. The van der Waals surface area contributed by atoms with Crippen molar-refractivity contribution in [2.75, 3.05) is 6.54 Å². The summed E-state index contributed by atoms with van der Waals surface area (Å²) in [4.78, 5) is 44.0. The fourth-order valence-electron chi connectivity index (χ4n) is 2.38. The van der Waals surface area contributed by atoms with Gasteiger partial charge in [-0.05, 0) is 32.7 Å². The average molecular weight is 354 g/mol. The first kappa shape index (κ1) is 20.7. The van der Waals surface area contributed by atoms with E-state index in [1.54, 1.807) is 0 Å². The van der Waals surface area contributed by atoms with Gasteiger partial charge in [0, 0.05) is 18.3 Å². The van der Waals surface area contributed by atoms with Gasteiger partial charge in [0.1, 0.15) is 6.04 Å². The second kappa shape index (κ2) is 9.87. The molecule has 0 fully saturated rings. The summed E-state index contributed by atoms with van der Waals surface area (Å²) in [6.45, 7) is 1.78. The van der Waals surface area contributed by atoms with Gasteiger partial charge in [-0.2, -0.15) is 0 Å². The lowest BCUT2D eigenvalue weighted by atomic mass is 10.0. The van der Waals surface area contributed by atoms with Gasteiger partial charge in [-0.3, -0.25) is 14.5 Å². The summed E-state index contributed by atoms with van der Waals surface area (Å²) in [6, 6.07) is -3.45. The molecule has 0 saturated heterocycles. The van der Waals surface area contributed by atoms with E-state index in [2.05, 4.69) is 9.97 Å². The Bertz CT molecular complexity index is 575. The number of imidazole rings is 1. The summed E-state index contributed by atoms with van der Waals surface area (Å²) in [5.74, 6) is -2.84. The van der Waals surface area contributed by atoms with E-state index in [-0.39, 0.29) is 12.8 Å². The molecule has 0 radical (unpaired) electrons. The summed E-state index contributed by atoms with van der Waals surface area (Å²) in [5.41, 5.74) is 17.5. The zero-order chi connectivity index (χ0) is 19.0. The van der Waals surface area contributed by atoms with E-state index in [4.69, 9.17) is 17.2 Å². The van der Waals surface area contributed by atoms with Crippen molar-refractivity contribution < 1.29 is 19.5 Å². The maximum atomic E-state index is 12.7. The Balaban J connectivity index is 3.01. The molecule has 1 aromatic rings. The van der Waals surface area contributed by atoms with E-state index in [0.717, 1.165) is 0 Å². The van der Waals surface area contributed by atoms with E-state index >= 15 is 0 Å². The van der Waals surface area contributed by atoms with Crippen LogP contribution >= 0.6 is 0 Å². The minimum Gasteiger partial charge on any atom is -0.480 e. The monoisotopic (exact) mass is 354 g/mol. The number of aromatic amines is 1. The van der Waals surface area contributed by atoms with Gasteiger partial charge in [0.25, 0.3) is 0 Å². The number of nitrogens with two attached hydrogens (primary N) is 3. The highest BCUT2D eigenvalue weighted by molar-refractivity contribution is 6.03. The summed E-state index contributed by atoms with van der Waals surface area (Å²) >= 11 is 0. The Morgan fingerprint density at radius 3 is 2.44 bits per heavy atom. The van der Waals surface area contributed by atoms with Crippen LogP contribution in [0, 0.1) is 0 Å². The fourth-order valence-corrected chi connectivity index (χ4v) is 2.38. The SMILES string of the molecule is CC(N)C(=O)N(C(=O)C(N)Cc1cnc[nH]1)C(CCCCN)C(=O)O. The Kier molecular flexibility index (Phi) is 8.19. The Morgan fingerprint density at radius 1 is 1.28 bits per heavy atom. The van der Waals surface area contributed by atoms with Crippen molar-refractivity contribution in [1.29, 1.82) is 0 Å². The maximum Gasteiger partial charge on any atom is 0.326 e. The molecule has 1 aromatic heterocycles. The van der Waals surface area contributed by atoms with Crippen LogP contribution in [0.3, 0.4) is 0 Å². The van der Waals surface area contributed by atoms with Gasteiger partial charge in [-0.15, -0.1) is 0 Å². The normalized spacial score (nSPS) is 14.6. The van der Waals surface area contributed by atoms with Crippen molar-refractivity contribution in [3.05, 3.63) is 18.2 Å². The summed E-state index contributed by atoms with van der Waals surface area (Å²) in [6.07, 6.45) is 4.16. The van der Waals surface area contributed by atoms with Crippen molar-refractivity contribution in [3.8, 4) is 0 Å². The summed E-state index contributed by atoms with van der Waals surface area (Å²) < 4.78 is 0. The zero-order valence-electron chi connectivity index (χ0n) is 14.2. The molecule has 3 unspecified atom stereocenters. The first-order valence-electron chi connectivity index (χ1n) is 8.07. The van der Waals surface area contributed by atoms with Crippen molar-refractivity contribution >= 4 is 17.8 Å². The number of carbonyl (C=O) groups is 3. The van der Waals surface area contributed by atoms with Gasteiger partial charge in [0.05, 0.1) is 18.4 Å². The predicted molar refractivity (Wildman–Crippen MR) is 90.1 cm³/mol. The molecule has 25 heavy (non-hydrogen) atoms. The number of unbranched alkanes of at least 4 members (excludes halogenated alkanes) is 1. The highest BCUT2D eigenvalue weighted by atomic mass is 16.4. The fraction of sp³-hybridized carbons (Fsp3) is 0.600. The second-order valence-corrected chi connectivity index (χ2v) is 5.86. The van der Waals surface area contributed by atoms with Crippen LogP contribution in [0.1, 0.15) is 31.9 Å². The highest BCUT2D eigenvalue weighted by Gasteiger charge is 2.37. The molecule has 0 saturated carbocycles. The molecule has 140 valence electrons. The van der Waals surface area contributed by atoms with E-state index in [1.807, 2.05) is 0 Å². The number of hydrogen-bond donors (Lipinski definition) is 5.